The minimum atomic E-state index is -4.14. The van der Waals surface area contributed by atoms with Crippen LogP contribution in [0.15, 0.2) is 76.1 Å². The van der Waals surface area contributed by atoms with Crippen molar-refractivity contribution < 1.29 is 18.0 Å². The van der Waals surface area contributed by atoms with E-state index in [0.717, 1.165) is 35.6 Å². The van der Waals surface area contributed by atoms with Crippen molar-refractivity contribution in [3.8, 4) is 0 Å². The number of amides is 2. The summed E-state index contributed by atoms with van der Waals surface area (Å²) in [5.74, 6) is -0.832. The van der Waals surface area contributed by atoms with Gasteiger partial charge in [0, 0.05) is 17.1 Å². The number of nitrogens with zero attached hydrogens (tertiary/aromatic N) is 2. The molecule has 0 spiro atoms. The number of hydrogen-bond donors (Lipinski definition) is 1. The third-order valence-corrected chi connectivity index (χ3v) is 10.2. The Bertz CT molecular complexity index is 1510. The number of sulfonamides is 1. The average molecular weight is 681 g/mol. The van der Waals surface area contributed by atoms with Gasteiger partial charge in [0.05, 0.1) is 20.6 Å². The van der Waals surface area contributed by atoms with E-state index < -0.39 is 28.5 Å². The number of halogens is 3. The quantitative estimate of drug-likeness (QED) is 0.257. The summed E-state index contributed by atoms with van der Waals surface area (Å²) in [5.41, 5.74) is 1.87. The van der Waals surface area contributed by atoms with Gasteiger partial charge >= 0.3 is 0 Å². The Balaban J connectivity index is 1.70. The lowest BCUT2D eigenvalue weighted by atomic mass is 10.1. The molecule has 0 unspecified atom stereocenters. The monoisotopic (exact) mass is 679 g/mol. The standard InChI is InChI=1S/C30H32BrCl2N3O4S/c1-20-10-13-26(14-11-20)41(39,40)36(25-9-5-6-23(31)17-25)19-29(37)35(18-22-12-15-27(32)28(33)16-22)21(2)30(38)34-24-7-3-4-8-24/h5-6,9-17,21,24H,3-4,7-8,18-19H2,1-2H3,(H,34,38)/t21-/m0/s1. The van der Waals surface area contributed by atoms with Gasteiger partial charge in [0.25, 0.3) is 10.0 Å². The predicted octanol–water partition coefficient (Wildman–Crippen LogP) is 6.74. The summed E-state index contributed by atoms with van der Waals surface area (Å²) in [6, 6.07) is 17.4. The molecule has 11 heteroatoms. The minimum absolute atomic E-state index is 0.0336. The molecule has 3 aromatic carbocycles. The molecule has 4 rings (SSSR count). The van der Waals surface area contributed by atoms with Crippen molar-refractivity contribution in [3.05, 3.63) is 92.4 Å². The maximum Gasteiger partial charge on any atom is 0.264 e. The SMILES string of the molecule is Cc1ccc(S(=O)(=O)N(CC(=O)N(Cc2ccc(Cl)c(Cl)c2)[C@@H](C)C(=O)NC2CCCC2)c2cccc(Br)c2)cc1. The van der Waals surface area contributed by atoms with Crippen LogP contribution in [-0.4, -0.2) is 43.8 Å². The fourth-order valence-electron chi connectivity index (χ4n) is 4.81. The lowest BCUT2D eigenvalue weighted by Crippen LogP contribution is -2.52. The molecule has 0 aromatic heterocycles. The van der Waals surface area contributed by atoms with Gasteiger partial charge in [-0.2, -0.15) is 0 Å². The Morgan fingerprint density at radius 2 is 1.68 bits per heavy atom. The molecule has 1 N–H and O–H groups in total. The summed E-state index contributed by atoms with van der Waals surface area (Å²) in [7, 11) is -4.14. The Morgan fingerprint density at radius 1 is 1.00 bits per heavy atom. The highest BCUT2D eigenvalue weighted by atomic mass is 79.9. The Hall–Kier alpha value is -2.59. The summed E-state index contributed by atoms with van der Waals surface area (Å²) < 4.78 is 29.6. The van der Waals surface area contributed by atoms with E-state index in [2.05, 4.69) is 21.2 Å². The first-order valence-electron chi connectivity index (χ1n) is 13.3. The molecule has 0 radical (unpaired) electrons. The highest BCUT2D eigenvalue weighted by molar-refractivity contribution is 9.10. The molecule has 7 nitrogen and oxygen atoms in total. The Labute approximate surface area is 260 Å². The summed E-state index contributed by atoms with van der Waals surface area (Å²) in [5, 5.41) is 3.74. The summed E-state index contributed by atoms with van der Waals surface area (Å²) in [4.78, 5) is 28.8. The lowest BCUT2D eigenvalue weighted by molar-refractivity contribution is -0.139. The molecule has 1 atom stereocenters. The fraction of sp³-hybridized carbons (Fsp3) is 0.333. The van der Waals surface area contributed by atoms with E-state index in [1.165, 1.54) is 17.0 Å². The van der Waals surface area contributed by atoms with Gasteiger partial charge in [-0.15, -0.1) is 0 Å². The van der Waals surface area contributed by atoms with Crippen molar-refractivity contribution in [2.45, 2.75) is 63.1 Å². The van der Waals surface area contributed by atoms with Gasteiger partial charge in [0.1, 0.15) is 12.6 Å². The number of carbonyl (C=O) groups excluding carboxylic acids is 2. The zero-order valence-electron chi connectivity index (χ0n) is 22.8. The van der Waals surface area contributed by atoms with Crippen molar-refractivity contribution in [2.24, 2.45) is 0 Å². The van der Waals surface area contributed by atoms with Crippen LogP contribution in [0.2, 0.25) is 10.0 Å². The third-order valence-electron chi connectivity index (χ3n) is 7.19. The Morgan fingerprint density at radius 3 is 2.32 bits per heavy atom. The van der Waals surface area contributed by atoms with E-state index >= 15 is 0 Å². The zero-order chi connectivity index (χ0) is 29.7. The summed E-state index contributed by atoms with van der Waals surface area (Å²) in [6.45, 7) is 3.03. The molecule has 0 heterocycles. The minimum Gasteiger partial charge on any atom is -0.352 e. The van der Waals surface area contributed by atoms with Crippen LogP contribution in [0.5, 0.6) is 0 Å². The van der Waals surface area contributed by atoms with Crippen LogP contribution >= 0.6 is 39.1 Å². The number of carbonyl (C=O) groups is 2. The molecule has 1 fully saturated rings. The van der Waals surface area contributed by atoms with Gasteiger partial charge < -0.3 is 10.2 Å². The number of rotatable bonds is 10. The molecule has 2 amide bonds. The van der Waals surface area contributed by atoms with Crippen LogP contribution < -0.4 is 9.62 Å². The lowest BCUT2D eigenvalue weighted by Gasteiger charge is -2.32. The normalized spacial score (nSPS) is 14.5. The third kappa shape index (κ3) is 7.83. The molecular weight excluding hydrogens is 649 g/mol. The summed E-state index contributed by atoms with van der Waals surface area (Å²) in [6.07, 6.45) is 3.88. The van der Waals surface area contributed by atoms with E-state index in [0.29, 0.717) is 25.8 Å². The van der Waals surface area contributed by atoms with Crippen LogP contribution in [0.25, 0.3) is 0 Å². The second-order valence-corrected chi connectivity index (χ2v) is 13.8. The van der Waals surface area contributed by atoms with E-state index in [9.17, 15) is 18.0 Å². The molecule has 3 aromatic rings. The highest BCUT2D eigenvalue weighted by Crippen LogP contribution is 2.28. The van der Waals surface area contributed by atoms with E-state index in [1.54, 1.807) is 61.5 Å². The number of aryl methyl sites for hydroxylation is 1. The molecule has 1 saturated carbocycles. The smallest absolute Gasteiger partial charge is 0.264 e. The first-order valence-corrected chi connectivity index (χ1v) is 16.3. The zero-order valence-corrected chi connectivity index (χ0v) is 26.7. The van der Waals surface area contributed by atoms with Crippen LogP contribution in [-0.2, 0) is 26.2 Å². The molecule has 1 aliphatic rings. The van der Waals surface area contributed by atoms with Crippen LogP contribution in [0.1, 0.15) is 43.7 Å². The molecule has 0 aliphatic heterocycles. The van der Waals surface area contributed by atoms with Crippen LogP contribution in [0, 0.1) is 6.92 Å². The Kier molecular flexibility index (Phi) is 10.4. The van der Waals surface area contributed by atoms with Crippen LogP contribution in [0.4, 0.5) is 5.69 Å². The van der Waals surface area contributed by atoms with Gasteiger partial charge in [-0.25, -0.2) is 8.42 Å². The second kappa shape index (κ2) is 13.6. The van der Waals surface area contributed by atoms with E-state index in [-0.39, 0.29) is 23.4 Å². The van der Waals surface area contributed by atoms with Crippen molar-refractivity contribution in [1.29, 1.82) is 0 Å². The van der Waals surface area contributed by atoms with Crippen molar-refractivity contribution in [1.82, 2.24) is 10.2 Å². The first kappa shape index (κ1) is 31.3. The van der Waals surface area contributed by atoms with Crippen molar-refractivity contribution in [3.63, 3.8) is 0 Å². The van der Waals surface area contributed by atoms with Gasteiger partial charge in [-0.3, -0.25) is 13.9 Å². The molecular formula is C30H32BrCl2N3O4S. The number of benzene rings is 3. The molecule has 1 aliphatic carbocycles. The average Bonchev–Trinajstić information content (AvgIpc) is 3.45. The maximum absolute atomic E-state index is 14.1. The molecule has 41 heavy (non-hydrogen) atoms. The fourth-order valence-corrected chi connectivity index (χ4v) is 6.92. The largest absolute Gasteiger partial charge is 0.352 e. The second-order valence-electron chi connectivity index (χ2n) is 10.2. The van der Waals surface area contributed by atoms with Gasteiger partial charge in [-0.1, -0.05) is 81.8 Å². The predicted molar refractivity (Wildman–Crippen MR) is 167 cm³/mol. The number of hydrogen-bond acceptors (Lipinski definition) is 4. The van der Waals surface area contributed by atoms with E-state index in [1.807, 2.05) is 6.92 Å². The van der Waals surface area contributed by atoms with Crippen molar-refractivity contribution in [2.75, 3.05) is 10.8 Å². The molecule has 0 saturated heterocycles. The maximum atomic E-state index is 14.1. The van der Waals surface area contributed by atoms with Gasteiger partial charge in [-0.05, 0) is 74.7 Å². The highest BCUT2D eigenvalue weighted by Gasteiger charge is 2.33. The van der Waals surface area contributed by atoms with Crippen LogP contribution in [0.3, 0.4) is 0 Å². The number of anilines is 1. The number of nitrogens with one attached hydrogen (secondary N) is 1. The summed E-state index contributed by atoms with van der Waals surface area (Å²) >= 11 is 15.8. The van der Waals surface area contributed by atoms with Gasteiger partial charge in [0.15, 0.2) is 0 Å². The molecule has 218 valence electrons. The molecule has 0 bridgehead atoms. The topological polar surface area (TPSA) is 86.8 Å². The van der Waals surface area contributed by atoms with Crippen molar-refractivity contribution >= 4 is 66.7 Å². The van der Waals surface area contributed by atoms with Gasteiger partial charge in [0.2, 0.25) is 11.8 Å². The first-order chi connectivity index (χ1) is 19.5. The van der Waals surface area contributed by atoms with E-state index in [4.69, 9.17) is 23.2 Å².